The van der Waals surface area contributed by atoms with Gasteiger partial charge in [-0.15, -0.1) is 0 Å². The van der Waals surface area contributed by atoms with Gasteiger partial charge in [-0.3, -0.25) is 4.79 Å². The van der Waals surface area contributed by atoms with E-state index in [9.17, 15) is 4.79 Å². The number of nitrogens with zero attached hydrogens (tertiary/aromatic N) is 1. The lowest BCUT2D eigenvalue weighted by Gasteiger charge is -2.18. The molecule has 18 heavy (non-hydrogen) atoms. The average molecular weight is 241 g/mol. The first-order chi connectivity index (χ1) is 8.58. The van der Waals surface area contributed by atoms with Crippen molar-refractivity contribution >= 4 is 18.1 Å². The molecule has 1 amide bonds. The summed E-state index contributed by atoms with van der Waals surface area (Å²) in [5, 5.41) is 1.98. The van der Waals surface area contributed by atoms with Gasteiger partial charge in [-0.25, -0.2) is 0 Å². The van der Waals surface area contributed by atoms with Crippen LogP contribution in [0.2, 0.25) is 0 Å². The molecule has 1 aromatic rings. The number of hydrogen-bond donors (Lipinski definition) is 0. The second-order valence-electron chi connectivity index (χ2n) is 5.80. The maximum atomic E-state index is 12.5. The van der Waals surface area contributed by atoms with E-state index in [4.69, 9.17) is 0 Å². The van der Waals surface area contributed by atoms with E-state index in [2.05, 4.69) is 20.4 Å². The molecule has 0 spiro atoms. The second-order valence-corrected chi connectivity index (χ2v) is 5.80. The third-order valence-corrected chi connectivity index (χ3v) is 4.21. The van der Waals surface area contributed by atoms with Crippen LogP contribution in [0.1, 0.15) is 30.6 Å². The second kappa shape index (κ2) is 3.98. The maximum absolute atomic E-state index is 12.5. The highest BCUT2D eigenvalue weighted by Gasteiger charge is 2.46. The number of hydrogen-bond acceptors (Lipinski definition) is 1. The van der Waals surface area contributed by atoms with Crippen LogP contribution >= 0.6 is 0 Å². The van der Waals surface area contributed by atoms with Crippen LogP contribution in [0.5, 0.6) is 0 Å². The van der Waals surface area contributed by atoms with Gasteiger partial charge in [0.25, 0.3) is 5.91 Å². The molecule has 2 nitrogen and oxygen atoms in total. The van der Waals surface area contributed by atoms with Crippen LogP contribution in [0.3, 0.4) is 0 Å². The summed E-state index contributed by atoms with van der Waals surface area (Å²) < 4.78 is 0. The lowest BCUT2D eigenvalue weighted by molar-refractivity contribution is 0.0774. The first kappa shape index (κ1) is 11.5. The molecule has 1 saturated carbocycles. The number of carbonyl (C=O) groups excluding carboxylic acids is 1. The minimum absolute atomic E-state index is 0.162. The fourth-order valence-corrected chi connectivity index (χ4v) is 2.99. The predicted molar refractivity (Wildman–Crippen MR) is 73.5 cm³/mol. The van der Waals surface area contributed by atoms with Gasteiger partial charge in [0.15, 0.2) is 0 Å². The summed E-state index contributed by atoms with van der Waals surface area (Å²) in [5.41, 5.74) is 1.98. The monoisotopic (exact) mass is 241 g/mol. The van der Waals surface area contributed by atoms with Gasteiger partial charge in [-0.2, -0.15) is 0 Å². The third-order valence-electron chi connectivity index (χ3n) is 4.21. The van der Waals surface area contributed by atoms with Crippen LogP contribution in [0.4, 0.5) is 0 Å². The smallest absolute Gasteiger partial charge is 0.254 e. The zero-order valence-electron chi connectivity index (χ0n) is 11.1. The summed E-state index contributed by atoms with van der Waals surface area (Å²) >= 11 is 0. The van der Waals surface area contributed by atoms with E-state index < -0.39 is 0 Å². The maximum Gasteiger partial charge on any atom is 0.254 e. The fourth-order valence-electron chi connectivity index (χ4n) is 2.99. The topological polar surface area (TPSA) is 20.3 Å². The Labute approximate surface area is 108 Å². The van der Waals surface area contributed by atoms with E-state index in [1.807, 2.05) is 23.1 Å². The molecule has 2 heteroatoms. The SMILES string of the molecule is C=c1c(C(=O)N2CC3CC3C2)cccc1=C(C)C. The minimum atomic E-state index is 0.162. The highest BCUT2D eigenvalue weighted by atomic mass is 16.2. The molecule has 2 atom stereocenters. The summed E-state index contributed by atoms with van der Waals surface area (Å²) in [4.78, 5) is 14.5. The summed E-state index contributed by atoms with van der Waals surface area (Å²) in [6.45, 7) is 10.1. The van der Waals surface area contributed by atoms with Crippen LogP contribution < -0.4 is 10.4 Å². The number of carbonyl (C=O) groups is 1. The molecular weight excluding hydrogens is 222 g/mol. The van der Waals surface area contributed by atoms with Crippen molar-refractivity contribution in [2.75, 3.05) is 13.1 Å². The molecule has 94 valence electrons. The van der Waals surface area contributed by atoms with Crippen molar-refractivity contribution in [3.63, 3.8) is 0 Å². The Bertz CT molecular complexity index is 602. The van der Waals surface area contributed by atoms with E-state index in [-0.39, 0.29) is 5.91 Å². The standard InChI is InChI=1S/C16H19NO/c1-10(2)14-5-4-6-15(11(14)3)16(18)17-8-12-7-13(12)9-17/h4-6,12-13H,3,7-9H2,1-2H3. The average Bonchev–Trinajstić information content (AvgIpc) is 2.95. The van der Waals surface area contributed by atoms with Gasteiger partial charge in [-0.1, -0.05) is 24.3 Å². The van der Waals surface area contributed by atoms with E-state index in [1.54, 1.807) is 0 Å². The lowest BCUT2D eigenvalue weighted by atomic mass is 10.1. The normalized spacial score (nSPS) is 24.9. The molecule has 2 fully saturated rings. The van der Waals surface area contributed by atoms with Gasteiger partial charge >= 0.3 is 0 Å². The zero-order valence-corrected chi connectivity index (χ0v) is 11.1. The molecule has 1 saturated heterocycles. The molecule has 3 rings (SSSR count). The van der Waals surface area contributed by atoms with Crippen molar-refractivity contribution in [2.45, 2.75) is 20.3 Å². The third kappa shape index (κ3) is 1.76. The van der Waals surface area contributed by atoms with Gasteiger partial charge in [0.1, 0.15) is 0 Å². The van der Waals surface area contributed by atoms with Crippen molar-refractivity contribution in [3.05, 3.63) is 34.2 Å². The van der Waals surface area contributed by atoms with Crippen LogP contribution in [0, 0.1) is 11.8 Å². The van der Waals surface area contributed by atoms with Gasteiger partial charge in [0.05, 0.1) is 0 Å². The first-order valence-corrected chi connectivity index (χ1v) is 6.62. The van der Waals surface area contributed by atoms with E-state index in [1.165, 1.54) is 12.0 Å². The Balaban J connectivity index is 1.97. The number of rotatable bonds is 1. The lowest BCUT2D eigenvalue weighted by Crippen LogP contribution is -2.38. The van der Waals surface area contributed by atoms with Crippen LogP contribution in [0.25, 0.3) is 12.2 Å². The quantitative estimate of drug-likeness (QED) is 0.727. The molecule has 1 heterocycles. The molecular formula is C16H19NO. The van der Waals surface area contributed by atoms with Crippen LogP contribution in [-0.4, -0.2) is 23.9 Å². The molecule has 1 aromatic carbocycles. The summed E-state index contributed by atoms with van der Waals surface area (Å²) in [7, 11) is 0. The van der Waals surface area contributed by atoms with Crippen LogP contribution in [-0.2, 0) is 0 Å². The number of piperidine rings is 1. The van der Waals surface area contributed by atoms with Gasteiger partial charge in [0, 0.05) is 18.7 Å². The van der Waals surface area contributed by atoms with Crippen molar-refractivity contribution < 1.29 is 4.79 Å². The minimum Gasteiger partial charge on any atom is -0.338 e. The molecule has 2 aliphatic rings. The Morgan fingerprint density at radius 3 is 2.56 bits per heavy atom. The Morgan fingerprint density at radius 2 is 1.94 bits per heavy atom. The highest BCUT2D eigenvalue weighted by molar-refractivity contribution is 5.94. The number of benzene rings is 1. The molecule has 2 unspecified atom stereocenters. The van der Waals surface area contributed by atoms with Gasteiger partial charge < -0.3 is 4.90 Å². The van der Waals surface area contributed by atoms with Gasteiger partial charge in [-0.05, 0) is 48.6 Å². The molecule has 0 bridgehead atoms. The number of fused-ring (bicyclic) bond motifs is 1. The van der Waals surface area contributed by atoms with Crippen LogP contribution in [0.15, 0.2) is 18.2 Å². The molecule has 1 aliphatic carbocycles. The number of amides is 1. The van der Waals surface area contributed by atoms with Crippen molar-refractivity contribution in [1.82, 2.24) is 4.90 Å². The zero-order chi connectivity index (χ0) is 12.9. The van der Waals surface area contributed by atoms with Crippen molar-refractivity contribution in [1.29, 1.82) is 0 Å². The van der Waals surface area contributed by atoms with Crippen molar-refractivity contribution in [2.24, 2.45) is 11.8 Å². The Morgan fingerprint density at radius 1 is 1.28 bits per heavy atom. The molecule has 0 N–H and O–H groups in total. The molecule has 0 aromatic heterocycles. The Hall–Kier alpha value is -1.57. The van der Waals surface area contributed by atoms with E-state index in [0.717, 1.165) is 40.9 Å². The summed E-state index contributed by atoms with van der Waals surface area (Å²) in [5.74, 6) is 1.73. The summed E-state index contributed by atoms with van der Waals surface area (Å²) in [6, 6.07) is 5.90. The number of likely N-dealkylation sites (tertiary alicyclic amines) is 1. The van der Waals surface area contributed by atoms with E-state index in [0.29, 0.717) is 0 Å². The van der Waals surface area contributed by atoms with Gasteiger partial charge in [0.2, 0.25) is 0 Å². The first-order valence-electron chi connectivity index (χ1n) is 6.62. The summed E-state index contributed by atoms with van der Waals surface area (Å²) in [6.07, 6.45) is 1.32. The highest BCUT2D eigenvalue weighted by Crippen LogP contribution is 2.45. The van der Waals surface area contributed by atoms with E-state index >= 15 is 0 Å². The van der Waals surface area contributed by atoms with Crippen molar-refractivity contribution in [3.8, 4) is 0 Å². The fraction of sp³-hybridized carbons (Fsp3) is 0.438. The molecule has 0 radical (unpaired) electrons. The largest absolute Gasteiger partial charge is 0.338 e. The predicted octanol–water partition coefficient (Wildman–Crippen LogP) is 1.38. The Kier molecular flexibility index (Phi) is 2.54. The molecule has 1 aliphatic heterocycles.